The van der Waals surface area contributed by atoms with Crippen molar-refractivity contribution in [3.8, 4) is 11.3 Å². The van der Waals surface area contributed by atoms with Gasteiger partial charge in [-0.3, -0.25) is 19.1 Å². The highest BCUT2D eigenvalue weighted by atomic mass is 19.1. The van der Waals surface area contributed by atoms with Crippen LogP contribution in [-0.4, -0.2) is 27.0 Å². The van der Waals surface area contributed by atoms with Crippen LogP contribution in [0.5, 0.6) is 0 Å². The lowest BCUT2D eigenvalue weighted by Crippen LogP contribution is -2.41. The fraction of sp³-hybridized carbons (Fsp3) is 0.200. The van der Waals surface area contributed by atoms with E-state index >= 15 is 0 Å². The Morgan fingerprint density at radius 1 is 1.14 bits per heavy atom. The zero-order valence-corrected chi connectivity index (χ0v) is 19.0. The Balaban J connectivity index is 1.54. The van der Waals surface area contributed by atoms with Gasteiger partial charge < -0.3 is 15.1 Å². The summed E-state index contributed by atoms with van der Waals surface area (Å²) < 4.78 is 20.8. The monoisotopic (exact) mass is 477 g/mol. The van der Waals surface area contributed by atoms with Gasteiger partial charge in [0.15, 0.2) is 17.3 Å². The summed E-state index contributed by atoms with van der Waals surface area (Å²) >= 11 is 0. The first kappa shape index (κ1) is 23.7. The van der Waals surface area contributed by atoms with Crippen molar-refractivity contribution in [1.82, 2.24) is 14.5 Å². The number of benzene rings is 2. The Kier molecular flexibility index (Phi) is 6.91. The zero-order valence-electron chi connectivity index (χ0n) is 19.0. The fourth-order valence-corrected chi connectivity index (χ4v) is 3.78. The number of nitrogen functional groups attached to an aromatic ring is 1. The molecule has 180 valence electrons. The minimum atomic E-state index is -0.745. The number of oxazole rings is 1. The lowest BCUT2D eigenvalue weighted by Gasteiger charge is -2.23. The number of aromatic amines is 1. The van der Waals surface area contributed by atoms with Gasteiger partial charge in [-0.2, -0.15) is 0 Å². The Hall–Kier alpha value is -4.47. The molecule has 9 nitrogen and oxygen atoms in total. The first-order valence-corrected chi connectivity index (χ1v) is 11.1. The molecular formula is C25H24FN5O4. The maximum absolute atomic E-state index is 14.0. The van der Waals surface area contributed by atoms with Crippen molar-refractivity contribution < 1.29 is 13.6 Å². The number of carbonyl (C=O) groups excluding carboxylic acids is 1. The van der Waals surface area contributed by atoms with E-state index in [-0.39, 0.29) is 54.7 Å². The minimum Gasteiger partial charge on any atom is -0.441 e. The Morgan fingerprint density at radius 2 is 1.86 bits per heavy atom. The molecule has 35 heavy (non-hydrogen) atoms. The molecule has 2 heterocycles. The topological polar surface area (TPSA) is 127 Å². The van der Waals surface area contributed by atoms with Crippen LogP contribution in [0.25, 0.3) is 11.3 Å². The first-order chi connectivity index (χ1) is 16.9. The molecule has 1 amide bonds. The second kappa shape index (κ2) is 10.2. The van der Waals surface area contributed by atoms with Gasteiger partial charge in [0, 0.05) is 19.4 Å². The van der Waals surface area contributed by atoms with Crippen molar-refractivity contribution in [3.05, 3.63) is 98.9 Å². The van der Waals surface area contributed by atoms with E-state index < -0.39 is 23.0 Å². The highest BCUT2D eigenvalue weighted by Gasteiger charge is 2.23. The van der Waals surface area contributed by atoms with Gasteiger partial charge in [0.05, 0.1) is 18.3 Å². The number of nitrogens with two attached hydrogens (primary N) is 1. The molecule has 2 aromatic carbocycles. The fourth-order valence-electron chi connectivity index (χ4n) is 3.78. The second-order valence-electron chi connectivity index (χ2n) is 7.80. The van der Waals surface area contributed by atoms with Crippen LogP contribution in [0.15, 0.2) is 74.8 Å². The van der Waals surface area contributed by atoms with Gasteiger partial charge in [-0.25, -0.2) is 14.2 Å². The number of amides is 1. The van der Waals surface area contributed by atoms with E-state index in [0.717, 1.165) is 5.56 Å². The zero-order chi connectivity index (χ0) is 24.9. The van der Waals surface area contributed by atoms with E-state index in [1.54, 1.807) is 25.1 Å². The summed E-state index contributed by atoms with van der Waals surface area (Å²) in [7, 11) is 0. The van der Waals surface area contributed by atoms with E-state index in [0.29, 0.717) is 0 Å². The molecular weight excluding hydrogens is 453 g/mol. The van der Waals surface area contributed by atoms with Crippen LogP contribution >= 0.6 is 0 Å². The maximum Gasteiger partial charge on any atom is 0.330 e. The van der Waals surface area contributed by atoms with Crippen LogP contribution < -0.4 is 21.9 Å². The molecule has 0 aliphatic rings. The number of halogens is 1. The van der Waals surface area contributed by atoms with Crippen LogP contribution in [0.3, 0.4) is 0 Å². The van der Waals surface area contributed by atoms with Crippen LogP contribution in [0.4, 0.5) is 15.9 Å². The third kappa shape index (κ3) is 5.06. The quantitative estimate of drug-likeness (QED) is 0.402. The van der Waals surface area contributed by atoms with E-state index in [4.69, 9.17) is 10.2 Å². The molecule has 0 unspecified atom stereocenters. The van der Waals surface area contributed by atoms with Gasteiger partial charge in [0.1, 0.15) is 11.6 Å². The van der Waals surface area contributed by atoms with Crippen molar-refractivity contribution in [1.29, 1.82) is 0 Å². The Bertz CT molecular complexity index is 1460. The highest BCUT2D eigenvalue weighted by molar-refractivity contribution is 5.95. The van der Waals surface area contributed by atoms with Crippen LogP contribution in [0.2, 0.25) is 0 Å². The minimum absolute atomic E-state index is 0.0399. The van der Waals surface area contributed by atoms with Gasteiger partial charge in [0.2, 0.25) is 5.91 Å². The smallest absolute Gasteiger partial charge is 0.330 e. The van der Waals surface area contributed by atoms with Crippen molar-refractivity contribution >= 4 is 17.4 Å². The van der Waals surface area contributed by atoms with E-state index in [1.165, 1.54) is 21.7 Å². The van der Waals surface area contributed by atoms with E-state index in [2.05, 4.69) is 9.97 Å². The maximum atomic E-state index is 14.0. The average Bonchev–Trinajstić information content (AvgIpc) is 3.32. The molecule has 4 rings (SSSR count). The highest BCUT2D eigenvalue weighted by Crippen LogP contribution is 2.24. The molecule has 0 aliphatic carbocycles. The molecule has 4 aromatic rings. The van der Waals surface area contributed by atoms with Gasteiger partial charge in [-0.05, 0) is 24.6 Å². The normalized spacial score (nSPS) is 10.9. The van der Waals surface area contributed by atoms with Gasteiger partial charge >= 0.3 is 5.69 Å². The Labute approximate surface area is 199 Å². The molecule has 0 fully saturated rings. The molecule has 0 aliphatic heterocycles. The van der Waals surface area contributed by atoms with Gasteiger partial charge in [0.25, 0.3) is 5.56 Å². The number of rotatable bonds is 8. The number of anilines is 2. The van der Waals surface area contributed by atoms with Crippen LogP contribution in [0, 0.1) is 5.82 Å². The van der Waals surface area contributed by atoms with Crippen molar-refractivity contribution in [2.24, 2.45) is 0 Å². The summed E-state index contributed by atoms with van der Waals surface area (Å²) in [6.07, 6.45) is 1.49. The average molecular weight is 477 g/mol. The summed E-state index contributed by atoms with van der Waals surface area (Å²) in [5, 5.41) is 0. The van der Waals surface area contributed by atoms with Gasteiger partial charge in [-0.1, -0.05) is 42.5 Å². The second-order valence-corrected chi connectivity index (χ2v) is 7.80. The summed E-state index contributed by atoms with van der Waals surface area (Å²) in [6.45, 7) is 1.99. The van der Waals surface area contributed by atoms with E-state index in [1.807, 2.05) is 30.3 Å². The van der Waals surface area contributed by atoms with Crippen molar-refractivity contribution in [2.45, 2.75) is 26.3 Å². The molecule has 0 atom stereocenters. The molecule has 0 radical (unpaired) electrons. The molecule has 2 aromatic heterocycles. The lowest BCUT2D eigenvalue weighted by molar-refractivity contribution is -0.118. The van der Waals surface area contributed by atoms with E-state index in [9.17, 15) is 18.8 Å². The van der Waals surface area contributed by atoms with Gasteiger partial charge in [-0.15, -0.1) is 0 Å². The standard InChI is InChI=1S/C25H24FN5O4/c1-2-30(21(32)13-12-20-28-14-19(35-20)17-10-6-7-11-18(17)26)22-23(27)31(25(34)29-24(22)33)15-16-8-4-3-5-9-16/h3-11,14H,2,12-13,15,27H2,1H3,(H,29,33,34). The summed E-state index contributed by atoms with van der Waals surface area (Å²) in [6, 6.07) is 15.3. The molecule has 0 spiro atoms. The van der Waals surface area contributed by atoms with Crippen LogP contribution in [-0.2, 0) is 17.8 Å². The first-order valence-electron chi connectivity index (χ1n) is 11.1. The summed E-state index contributed by atoms with van der Waals surface area (Å²) in [4.78, 5) is 45.7. The summed E-state index contributed by atoms with van der Waals surface area (Å²) in [5.74, 6) is -0.435. The third-order valence-corrected chi connectivity index (χ3v) is 5.53. The SMILES string of the molecule is CCN(C(=O)CCc1ncc(-c2ccccc2F)o1)c1c(N)n(Cc2ccccc2)c(=O)[nH]c1=O. The van der Waals surface area contributed by atoms with Crippen molar-refractivity contribution in [3.63, 3.8) is 0 Å². The molecule has 10 heteroatoms. The number of H-pyrrole nitrogens is 1. The number of hydrogen-bond acceptors (Lipinski definition) is 6. The molecule has 0 bridgehead atoms. The molecule has 3 N–H and O–H groups in total. The number of aromatic nitrogens is 3. The predicted octanol–water partition coefficient (Wildman–Crippen LogP) is 2.95. The van der Waals surface area contributed by atoms with Crippen LogP contribution in [0.1, 0.15) is 24.8 Å². The number of carbonyl (C=O) groups is 1. The number of nitrogens with zero attached hydrogens (tertiary/aromatic N) is 3. The lowest BCUT2D eigenvalue weighted by atomic mass is 10.2. The largest absolute Gasteiger partial charge is 0.441 e. The molecule has 0 saturated carbocycles. The summed E-state index contributed by atoms with van der Waals surface area (Å²) in [5.41, 5.74) is 5.80. The predicted molar refractivity (Wildman–Crippen MR) is 130 cm³/mol. The van der Waals surface area contributed by atoms with Crippen molar-refractivity contribution in [2.75, 3.05) is 17.2 Å². The third-order valence-electron chi connectivity index (χ3n) is 5.53. The number of nitrogens with one attached hydrogen (secondary N) is 1. The molecule has 0 saturated heterocycles. The number of hydrogen-bond donors (Lipinski definition) is 2. The number of aryl methyl sites for hydroxylation is 1. The Morgan fingerprint density at radius 3 is 2.57 bits per heavy atom.